The van der Waals surface area contributed by atoms with Gasteiger partial charge in [0.05, 0.1) is 36.6 Å². The largest absolute Gasteiger partial charge is 0.364 e. The zero-order chi connectivity index (χ0) is 22.2. The number of aromatic nitrogens is 2. The minimum Gasteiger partial charge on any atom is -0.364 e. The number of nitrogens with one attached hydrogen (secondary N) is 3. The quantitative estimate of drug-likeness (QED) is 0.553. The van der Waals surface area contributed by atoms with E-state index in [0.717, 1.165) is 37.0 Å². The molecule has 6 heteroatoms. The van der Waals surface area contributed by atoms with Gasteiger partial charge >= 0.3 is 0 Å². The van der Waals surface area contributed by atoms with Gasteiger partial charge in [0, 0.05) is 0 Å². The van der Waals surface area contributed by atoms with Gasteiger partial charge in [-0.1, -0.05) is 48.5 Å². The fourth-order valence-electron chi connectivity index (χ4n) is 5.44. The lowest BCUT2D eigenvalue weighted by molar-refractivity contribution is 0.307. The summed E-state index contributed by atoms with van der Waals surface area (Å²) in [5.74, 6) is 2.22. The number of imidazole rings is 1. The molecule has 0 aliphatic carbocycles. The Morgan fingerprint density at radius 1 is 0.879 bits per heavy atom. The number of aromatic amines is 1. The van der Waals surface area contributed by atoms with Crippen molar-refractivity contribution in [3.8, 4) is 22.4 Å². The monoisotopic (exact) mass is 440 g/mol. The number of benzene rings is 2. The molecule has 6 rings (SSSR count). The highest BCUT2D eigenvalue weighted by molar-refractivity contribution is 5.89. The van der Waals surface area contributed by atoms with E-state index in [1.807, 2.05) is 6.20 Å². The number of hydrogen-bond acceptors (Lipinski definition) is 5. The molecule has 0 saturated carbocycles. The van der Waals surface area contributed by atoms with Gasteiger partial charge in [0.15, 0.2) is 0 Å². The number of hydrogen-bond donors (Lipinski definition) is 3. The van der Waals surface area contributed by atoms with E-state index in [9.17, 15) is 0 Å². The Morgan fingerprint density at radius 2 is 1.64 bits per heavy atom. The molecule has 2 aromatic carbocycles. The molecule has 2 fully saturated rings. The second-order valence-corrected chi connectivity index (χ2v) is 9.59. The first-order valence-electron chi connectivity index (χ1n) is 12.2. The summed E-state index contributed by atoms with van der Waals surface area (Å²) in [6, 6.07) is 18.8. The van der Waals surface area contributed by atoms with Crippen LogP contribution in [0.4, 0.5) is 0 Å². The summed E-state index contributed by atoms with van der Waals surface area (Å²) in [6.45, 7) is 3.07. The second kappa shape index (κ2) is 8.76. The summed E-state index contributed by atoms with van der Waals surface area (Å²) in [5.41, 5.74) is 6.03. The van der Waals surface area contributed by atoms with Crippen LogP contribution in [0, 0.1) is 0 Å². The van der Waals surface area contributed by atoms with Crippen molar-refractivity contribution < 1.29 is 0 Å². The molecule has 3 aliphatic heterocycles. The summed E-state index contributed by atoms with van der Waals surface area (Å²) in [7, 11) is 2.18. The molecule has 2 saturated heterocycles. The smallest absolute Gasteiger partial charge is 0.123 e. The Balaban J connectivity index is 1.12. The molecule has 6 nitrogen and oxygen atoms in total. The number of rotatable bonds is 5. The van der Waals surface area contributed by atoms with Crippen molar-refractivity contribution in [2.75, 3.05) is 26.7 Å². The average molecular weight is 441 g/mol. The van der Waals surface area contributed by atoms with Gasteiger partial charge in [0.25, 0.3) is 0 Å². The zero-order valence-corrected chi connectivity index (χ0v) is 19.2. The molecule has 4 heterocycles. The molecule has 170 valence electrons. The summed E-state index contributed by atoms with van der Waals surface area (Å²) in [5, 5.41) is 7.17. The third-order valence-corrected chi connectivity index (χ3v) is 7.43. The van der Waals surface area contributed by atoms with Crippen LogP contribution in [0.1, 0.15) is 49.2 Å². The number of likely N-dealkylation sites (tertiary alicyclic amines) is 1. The van der Waals surface area contributed by atoms with Gasteiger partial charge in [-0.3, -0.25) is 9.89 Å². The van der Waals surface area contributed by atoms with Gasteiger partial charge in [0.1, 0.15) is 11.7 Å². The Bertz CT molecular complexity index is 1120. The minimum absolute atomic E-state index is 0.285. The first kappa shape index (κ1) is 20.6. The van der Waals surface area contributed by atoms with Crippen molar-refractivity contribution in [3.05, 3.63) is 66.1 Å². The van der Waals surface area contributed by atoms with Crippen molar-refractivity contribution in [1.82, 2.24) is 25.5 Å². The standard InChI is InChI=1S/C27H32N6/c1-33-15-3-5-25(33)27-30-17-24(32-27)21-12-8-19(9-13-21)18-6-10-20(11-7-18)23-16-29-26(31-23)22-4-2-14-28-22/h6-13,17,22-23,25,28H,2-5,14-16H2,1H3,(H,29,31)(H,30,32)/t22-,23?,25-/m0/s1. The molecule has 0 amide bonds. The van der Waals surface area contributed by atoms with E-state index in [1.165, 1.54) is 47.9 Å². The molecule has 0 radical (unpaired) electrons. The zero-order valence-electron chi connectivity index (χ0n) is 19.2. The van der Waals surface area contributed by atoms with Crippen LogP contribution in [0.25, 0.3) is 22.4 Å². The topological polar surface area (TPSA) is 68.3 Å². The van der Waals surface area contributed by atoms with Crippen LogP contribution >= 0.6 is 0 Å². The van der Waals surface area contributed by atoms with Crippen molar-refractivity contribution in [2.45, 2.75) is 43.8 Å². The Morgan fingerprint density at radius 3 is 2.33 bits per heavy atom. The van der Waals surface area contributed by atoms with Crippen LogP contribution in [0.2, 0.25) is 0 Å². The van der Waals surface area contributed by atoms with Crippen molar-refractivity contribution in [1.29, 1.82) is 0 Å². The lowest BCUT2D eigenvalue weighted by Gasteiger charge is -2.16. The van der Waals surface area contributed by atoms with Crippen LogP contribution in [-0.4, -0.2) is 53.4 Å². The van der Waals surface area contributed by atoms with Gasteiger partial charge in [-0.15, -0.1) is 0 Å². The molecule has 33 heavy (non-hydrogen) atoms. The highest BCUT2D eigenvalue weighted by atomic mass is 15.2. The van der Waals surface area contributed by atoms with Crippen molar-refractivity contribution in [2.24, 2.45) is 4.99 Å². The summed E-state index contributed by atoms with van der Waals surface area (Å²) < 4.78 is 0. The lowest BCUT2D eigenvalue weighted by Crippen LogP contribution is -2.38. The molecular formula is C27H32N6. The van der Waals surface area contributed by atoms with Crippen LogP contribution in [0.3, 0.4) is 0 Å². The molecule has 1 aromatic heterocycles. The maximum atomic E-state index is 4.76. The predicted octanol–water partition coefficient (Wildman–Crippen LogP) is 4.31. The van der Waals surface area contributed by atoms with E-state index in [2.05, 4.69) is 81.1 Å². The Hall–Kier alpha value is -2.96. The van der Waals surface area contributed by atoms with Crippen molar-refractivity contribution >= 4 is 5.84 Å². The molecule has 3 aromatic rings. The van der Waals surface area contributed by atoms with E-state index in [4.69, 9.17) is 4.99 Å². The summed E-state index contributed by atoms with van der Waals surface area (Å²) in [4.78, 5) is 15.4. The van der Waals surface area contributed by atoms with Crippen LogP contribution in [-0.2, 0) is 0 Å². The summed E-state index contributed by atoms with van der Waals surface area (Å²) >= 11 is 0. The normalized spacial score (nSPS) is 25.4. The molecule has 3 N–H and O–H groups in total. The van der Waals surface area contributed by atoms with Gasteiger partial charge in [-0.2, -0.15) is 0 Å². The van der Waals surface area contributed by atoms with Gasteiger partial charge in [-0.25, -0.2) is 4.98 Å². The Labute approximate surface area is 195 Å². The average Bonchev–Trinajstić information content (AvgIpc) is 3.66. The highest BCUT2D eigenvalue weighted by Crippen LogP contribution is 2.31. The number of aliphatic imine (C=N–C) groups is 1. The number of amidine groups is 1. The van der Waals surface area contributed by atoms with E-state index in [1.54, 1.807) is 0 Å². The maximum absolute atomic E-state index is 4.76. The first-order chi connectivity index (χ1) is 16.2. The minimum atomic E-state index is 0.285. The Kier molecular flexibility index (Phi) is 5.48. The van der Waals surface area contributed by atoms with Gasteiger partial charge in [0.2, 0.25) is 0 Å². The molecule has 3 aliphatic rings. The number of H-pyrrole nitrogens is 1. The van der Waals surface area contributed by atoms with Crippen molar-refractivity contribution in [3.63, 3.8) is 0 Å². The van der Waals surface area contributed by atoms with Crippen LogP contribution in [0.15, 0.2) is 59.7 Å². The van der Waals surface area contributed by atoms with Crippen LogP contribution < -0.4 is 10.6 Å². The van der Waals surface area contributed by atoms with Crippen LogP contribution in [0.5, 0.6) is 0 Å². The molecule has 3 atom stereocenters. The highest BCUT2D eigenvalue weighted by Gasteiger charge is 2.27. The number of nitrogens with zero attached hydrogens (tertiary/aromatic N) is 3. The third kappa shape index (κ3) is 4.09. The lowest BCUT2D eigenvalue weighted by atomic mass is 9.99. The first-order valence-corrected chi connectivity index (χ1v) is 12.2. The fraction of sp³-hybridized carbons (Fsp3) is 0.407. The maximum Gasteiger partial charge on any atom is 0.123 e. The second-order valence-electron chi connectivity index (χ2n) is 9.59. The predicted molar refractivity (Wildman–Crippen MR) is 133 cm³/mol. The van der Waals surface area contributed by atoms with Gasteiger partial charge in [-0.05, 0) is 68.1 Å². The SMILES string of the molecule is CN1CCC[C@H]1c1ncc(-c2ccc(-c3ccc(C4CN=C([C@@H]5CCCN5)N4)cc3)cc2)[nH]1. The molecular weight excluding hydrogens is 408 g/mol. The fourth-order valence-corrected chi connectivity index (χ4v) is 5.44. The van der Waals surface area contributed by atoms with Gasteiger partial charge < -0.3 is 15.6 Å². The van der Waals surface area contributed by atoms with E-state index in [-0.39, 0.29) is 6.04 Å². The molecule has 1 unspecified atom stereocenters. The molecule has 0 spiro atoms. The van der Waals surface area contributed by atoms with E-state index >= 15 is 0 Å². The summed E-state index contributed by atoms with van der Waals surface area (Å²) in [6.07, 6.45) is 6.82. The molecule has 0 bridgehead atoms. The van der Waals surface area contributed by atoms with E-state index < -0.39 is 0 Å². The van der Waals surface area contributed by atoms with E-state index in [0.29, 0.717) is 12.1 Å². The third-order valence-electron chi connectivity index (χ3n) is 7.43.